The first kappa shape index (κ1) is 19.7. The zero-order valence-corrected chi connectivity index (χ0v) is 16.0. The van der Waals surface area contributed by atoms with Crippen LogP contribution in [0.25, 0.3) is 0 Å². The predicted octanol–water partition coefficient (Wildman–Crippen LogP) is 2.18. The Bertz CT molecular complexity index is 543. The SMILES string of the molecule is COc1ccc(CCC(=O)N2CCN(CC(O)C(C)(C)C)CC2)cc1. The summed E-state index contributed by atoms with van der Waals surface area (Å²) in [4.78, 5) is 16.6. The molecule has 0 saturated carbocycles. The molecule has 1 N–H and O–H groups in total. The van der Waals surface area contributed by atoms with Crippen molar-refractivity contribution in [1.29, 1.82) is 0 Å². The van der Waals surface area contributed by atoms with Crippen molar-refractivity contribution in [3.63, 3.8) is 0 Å². The van der Waals surface area contributed by atoms with E-state index in [1.807, 2.05) is 29.2 Å². The Labute approximate surface area is 151 Å². The van der Waals surface area contributed by atoms with Crippen molar-refractivity contribution in [2.45, 2.75) is 39.7 Å². The molecule has 1 fully saturated rings. The van der Waals surface area contributed by atoms with E-state index in [0.29, 0.717) is 13.0 Å². The molecule has 5 nitrogen and oxygen atoms in total. The Morgan fingerprint density at radius 3 is 2.28 bits per heavy atom. The number of β-amino-alcohol motifs (C(OH)–C–C–N with tert-alkyl or cyclic N) is 1. The van der Waals surface area contributed by atoms with Crippen LogP contribution < -0.4 is 4.74 Å². The van der Waals surface area contributed by atoms with Gasteiger partial charge in [0.2, 0.25) is 5.91 Å². The Morgan fingerprint density at radius 1 is 1.16 bits per heavy atom. The molecule has 1 aromatic carbocycles. The fourth-order valence-electron chi connectivity index (χ4n) is 2.90. The van der Waals surface area contributed by atoms with Gasteiger partial charge < -0.3 is 14.7 Å². The van der Waals surface area contributed by atoms with Crippen molar-refractivity contribution < 1.29 is 14.6 Å². The maximum Gasteiger partial charge on any atom is 0.222 e. The van der Waals surface area contributed by atoms with Gasteiger partial charge in [0.25, 0.3) is 0 Å². The average Bonchev–Trinajstić information content (AvgIpc) is 2.60. The number of carbonyl (C=O) groups is 1. The van der Waals surface area contributed by atoms with Gasteiger partial charge in [0.1, 0.15) is 5.75 Å². The van der Waals surface area contributed by atoms with Gasteiger partial charge >= 0.3 is 0 Å². The van der Waals surface area contributed by atoms with E-state index in [1.54, 1.807) is 7.11 Å². The second-order valence-corrected chi connectivity index (χ2v) is 7.91. The molecule has 1 heterocycles. The second-order valence-electron chi connectivity index (χ2n) is 7.91. The van der Waals surface area contributed by atoms with E-state index in [1.165, 1.54) is 0 Å². The lowest BCUT2D eigenvalue weighted by Gasteiger charge is -2.38. The highest BCUT2D eigenvalue weighted by Crippen LogP contribution is 2.20. The van der Waals surface area contributed by atoms with E-state index in [0.717, 1.165) is 43.9 Å². The number of carbonyl (C=O) groups excluding carboxylic acids is 1. The molecule has 1 aliphatic rings. The molecular weight excluding hydrogens is 316 g/mol. The van der Waals surface area contributed by atoms with Crippen LogP contribution in [0.3, 0.4) is 0 Å². The fraction of sp³-hybridized carbons (Fsp3) is 0.650. The Hall–Kier alpha value is -1.59. The molecule has 1 unspecified atom stereocenters. The van der Waals surface area contributed by atoms with Crippen LogP contribution in [0.15, 0.2) is 24.3 Å². The van der Waals surface area contributed by atoms with Gasteiger partial charge in [-0.2, -0.15) is 0 Å². The first-order valence-electron chi connectivity index (χ1n) is 9.10. The number of amides is 1. The van der Waals surface area contributed by atoms with Crippen molar-refractivity contribution >= 4 is 5.91 Å². The van der Waals surface area contributed by atoms with Crippen molar-refractivity contribution in [1.82, 2.24) is 9.80 Å². The molecule has 140 valence electrons. The standard InChI is InChI=1S/C20H32N2O3/c1-20(2,3)18(23)15-21-11-13-22(14-12-21)19(24)10-7-16-5-8-17(25-4)9-6-16/h5-6,8-9,18,23H,7,10-15H2,1-4H3. The lowest BCUT2D eigenvalue weighted by molar-refractivity contribution is -0.133. The lowest BCUT2D eigenvalue weighted by atomic mass is 9.89. The van der Waals surface area contributed by atoms with Crippen LogP contribution in [-0.4, -0.2) is 66.8 Å². The van der Waals surface area contributed by atoms with Crippen LogP contribution in [0.1, 0.15) is 32.8 Å². The second kappa shape index (κ2) is 8.68. The van der Waals surface area contributed by atoms with Gasteiger partial charge in [-0.25, -0.2) is 0 Å². The predicted molar refractivity (Wildman–Crippen MR) is 99.8 cm³/mol. The number of nitrogens with zero attached hydrogens (tertiary/aromatic N) is 2. The van der Waals surface area contributed by atoms with Gasteiger partial charge in [0, 0.05) is 39.1 Å². The molecule has 5 heteroatoms. The molecule has 1 aliphatic heterocycles. The number of methoxy groups -OCH3 is 1. The Balaban J connectivity index is 1.73. The molecule has 0 bridgehead atoms. The molecule has 2 rings (SSSR count). The van der Waals surface area contributed by atoms with E-state index in [4.69, 9.17) is 4.74 Å². The number of piperazine rings is 1. The third-order valence-electron chi connectivity index (χ3n) is 4.94. The van der Waals surface area contributed by atoms with Gasteiger partial charge in [-0.3, -0.25) is 9.69 Å². The first-order chi connectivity index (χ1) is 11.8. The minimum atomic E-state index is -0.343. The van der Waals surface area contributed by atoms with E-state index < -0.39 is 0 Å². The van der Waals surface area contributed by atoms with E-state index in [-0.39, 0.29) is 17.4 Å². The van der Waals surface area contributed by atoms with E-state index in [2.05, 4.69) is 25.7 Å². The van der Waals surface area contributed by atoms with Crippen LogP contribution >= 0.6 is 0 Å². The first-order valence-corrected chi connectivity index (χ1v) is 9.10. The number of hydrogen-bond acceptors (Lipinski definition) is 4. The number of aliphatic hydroxyl groups is 1. The fourth-order valence-corrected chi connectivity index (χ4v) is 2.90. The van der Waals surface area contributed by atoms with Crippen LogP contribution in [0.5, 0.6) is 5.75 Å². The maximum absolute atomic E-state index is 12.4. The third kappa shape index (κ3) is 6.01. The van der Waals surface area contributed by atoms with Gasteiger partial charge in [0.05, 0.1) is 13.2 Å². The van der Waals surface area contributed by atoms with Gasteiger partial charge in [-0.1, -0.05) is 32.9 Å². The summed E-state index contributed by atoms with van der Waals surface area (Å²) in [5.74, 6) is 1.05. The van der Waals surface area contributed by atoms with Crippen molar-refractivity contribution in [2.75, 3.05) is 39.8 Å². The highest BCUT2D eigenvalue weighted by atomic mass is 16.5. The summed E-state index contributed by atoms with van der Waals surface area (Å²) in [5.41, 5.74) is 1.05. The average molecular weight is 348 g/mol. The summed E-state index contributed by atoms with van der Waals surface area (Å²) >= 11 is 0. The summed E-state index contributed by atoms with van der Waals surface area (Å²) in [6.07, 6.45) is 0.952. The summed E-state index contributed by atoms with van der Waals surface area (Å²) in [5, 5.41) is 10.2. The van der Waals surface area contributed by atoms with Crippen LogP contribution in [0, 0.1) is 5.41 Å². The minimum Gasteiger partial charge on any atom is -0.497 e. The molecule has 1 amide bonds. The molecule has 1 aromatic rings. The van der Waals surface area contributed by atoms with E-state index in [9.17, 15) is 9.90 Å². The molecule has 1 saturated heterocycles. The van der Waals surface area contributed by atoms with Crippen LogP contribution in [-0.2, 0) is 11.2 Å². The molecule has 0 aromatic heterocycles. The van der Waals surface area contributed by atoms with Gasteiger partial charge in [-0.15, -0.1) is 0 Å². The quantitative estimate of drug-likeness (QED) is 0.856. The molecule has 0 aliphatic carbocycles. The number of ether oxygens (including phenoxy) is 1. The number of benzene rings is 1. The molecule has 1 atom stereocenters. The smallest absolute Gasteiger partial charge is 0.222 e. The highest BCUT2D eigenvalue weighted by molar-refractivity contribution is 5.76. The van der Waals surface area contributed by atoms with Crippen molar-refractivity contribution in [3.8, 4) is 5.75 Å². The number of rotatable bonds is 6. The maximum atomic E-state index is 12.4. The largest absolute Gasteiger partial charge is 0.497 e. The van der Waals surface area contributed by atoms with Crippen LogP contribution in [0.2, 0.25) is 0 Å². The number of aryl methyl sites for hydroxylation is 1. The zero-order valence-electron chi connectivity index (χ0n) is 16.0. The minimum absolute atomic E-state index is 0.106. The lowest BCUT2D eigenvalue weighted by Crippen LogP contribution is -2.51. The third-order valence-corrected chi connectivity index (χ3v) is 4.94. The molecule has 0 spiro atoms. The zero-order chi connectivity index (χ0) is 18.4. The topological polar surface area (TPSA) is 53.0 Å². The van der Waals surface area contributed by atoms with E-state index >= 15 is 0 Å². The summed E-state index contributed by atoms with van der Waals surface area (Å²) in [6.45, 7) is 10.0. The van der Waals surface area contributed by atoms with Crippen molar-refractivity contribution in [3.05, 3.63) is 29.8 Å². The highest BCUT2D eigenvalue weighted by Gasteiger charge is 2.27. The van der Waals surface area contributed by atoms with Gasteiger partial charge in [-0.05, 0) is 29.5 Å². The monoisotopic (exact) mass is 348 g/mol. The summed E-state index contributed by atoms with van der Waals surface area (Å²) < 4.78 is 5.15. The van der Waals surface area contributed by atoms with Gasteiger partial charge in [0.15, 0.2) is 0 Å². The number of hydrogen-bond donors (Lipinski definition) is 1. The molecule has 25 heavy (non-hydrogen) atoms. The Morgan fingerprint density at radius 2 is 1.76 bits per heavy atom. The Kier molecular flexibility index (Phi) is 6.85. The summed E-state index contributed by atoms with van der Waals surface area (Å²) in [6, 6.07) is 7.88. The number of aliphatic hydroxyl groups excluding tert-OH is 1. The van der Waals surface area contributed by atoms with Crippen LogP contribution in [0.4, 0.5) is 0 Å². The molecule has 0 radical (unpaired) electrons. The molecular formula is C20H32N2O3. The normalized spacial score (nSPS) is 17.4. The summed E-state index contributed by atoms with van der Waals surface area (Å²) in [7, 11) is 1.65. The van der Waals surface area contributed by atoms with Crippen molar-refractivity contribution in [2.24, 2.45) is 5.41 Å².